The molecule has 0 aliphatic rings. The van der Waals surface area contributed by atoms with Gasteiger partial charge in [0, 0.05) is 11.8 Å². The Kier molecular flexibility index (Phi) is 2.58. The molecular weight excluding hydrogens is 185 g/mol. The van der Waals surface area contributed by atoms with E-state index in [1.54, 1.807) is 6.07 Å². The lowest BCUT2D eigenvalue weighted by molar-refractivity contribution is 0.414. The molecule has 4 heteroatoms. The predicted molar refractivity (Wildman–Crippen MR) is 45.5 cm³/mol. The van der Waals surface area contributed by atoms with Crippen LogP contribution in [0.1, 0.15) is 5.69 Å². The van der Waals surface area contributed by atoms with Crippen LogP contribution in [0.15, 0.2) is 6.07 Å². The van der Waals surface area contributed by atoms with Gasteiger partial charge in [-0.3, -0.25) is 0 Å². The highest BCUT2D eigenvalue weighted by atomic mass is 35.5. The van der Waals surface area contributed by atoms with E-state index < -0.39 is 0 Å². The SMILES string of the molecule is COc1cc(C)nc(Cl)c1Cl. The molecule has 0 bridgehead atoms. The van der Waals surface area contributed by atoms with Crippen molar-refractivity contribution >= 4 is 23.2 Å². The molecule has 0 saturated heterocycles. The minimum absolute atomic E-state index is 0.281. The molecule has 1 aromatic heterocycles. The minimum Gasteiger partial charge on any atom is -0.495 e. The molecule has 0 aliphatic carbocycles. The van der Waals surface area contributed by atoms with Crippen molar-refractivity contribution in [3.05, 3.63) is 21.9 Å². The summed E-state index contributed by atoms with van der Waals surface area (Å²) in [6.07, 6.45) is 0. The van der Waals surface area contributed by atoms with Gasteiger partial charge in [-0.1, -0.05) is 23.2 Å². The maximum Gasteiger partial charge on any atom is 0.151 e. The Balaban J connectivity index is 3.24. The first-order valence-electron chi connectivity index (χ1n) is 3.01. The molecule has 1 aromatic rings. The lowest BCUT2D eigenvalue weighted by Crippen LogP contribution is -1.89. The predicted octanol–water partition coefficient (Wildman–Crippen LogP) is 2.71. The Labute approximate surface area is 75.1 Å². The Morgan fingerprint density at radius 1 is 1.45 bits per heavy atom. The van der Waals surface area contributed by atoms with Crippen LogP contribution in [0.2, 0.25) is 10.2 Å². The zero-order chi connectivity index (χ0) is 8.43. The summed E-state index contributed by atoms with van der Waals surface area (Å²) in [5.41, 5.74) is 0.788. The second-order valence-electron chi connectivity index (χ2n) is 2.07. The van der Waals surface area contributed by atoms with E-state index in [2.05, 4.69) is 4.98 Å². The quantitative estimate of drug-likeness (QED) is 0.638. The van der Waals surface area contributed by atoms with Crippen molar-refractivity contribution in [2.75, 3.05) is 7.11 Å². The van der Waals surface area contributed by atoms with Gasteiger partial charge in [0.15, 0.2) is 5.15 Å². The van der Waals surface area contributed by atoms with E-state index in [0.29, 0.717) is 10.8 Å². The normalized spacial score (nSPS) is 9.82. The molecule has 0 aliphatic heterocycles. The van der Waals surface area contributed by atoms with Crippen LogP contribution in [0, 0.1) is 6.92 Å². The number of aryl methyl sites for hydroxylation is 1. The molecule has 1 rings (SSSR count). The summed E-state index contributed by atoms with van der Waals surface area (Å²) in [4.78, 5) is 3.94. The Bertz CT molecular complexity index is 275. The number of aromatic nitrogens is 1. The Hall–Kier alpha value is -0.470. The van der Waals surface area contributed by atoms with Crippen LogP contribution < -0.4 is 4.74 Å². The molecule has 60 valence electrons. The number of hydrogen-bond donors (Lipinski definition) is 0. The molecule has 0 N–H and O–H groups in total. The van der Waals surface area contributed by atoms with Gasteiger partial charge >= 0.3 is 0 Å². The summed E-state index contributed by atoms with van der Waals surface area (Å²) in [6, 6.07) is 1.73. The van der Waals surface area contributed by atoms with Crippen LogP contribution in [0.25, 0.3) is 0 Å². The molecule has 0 aromatic carbocycles. The molecule has 0 radical (unpaired) electrons. The van der Waals surface area contributed by atoms with Gasteiger partial charge in [0.25, 0.3) is 0 Å². The fraction of sp³-hybridized carbons (Fsp3) is 0.286. The van der Waals surface area contributed by atoms with Crippen molar-refractivity contribution in [3.8, 4) is 5.75 Å². The van der Waals surface area contributed by atoms with E-state index in [1.165, 1.54) is 7.11 Å². The van der Waals surface area contributed by atoms with E-state index in [0.717, 1.165) is 5.69 Å². The maximum atomic E-state index is 5.75. The highest BCUT2D eigenvalue weighted by Gasteiger charge is 2.06. The third-order valence-corrected chi connectivity index (χ3v) is 1.97. The second kappa shape index (κ2) is 3.28. The first-order chi connectivity index (χ1) is 5.15. The molecule has 0 saturated carbocycles. The maximum absolute atomic E-state index is 5.75. The van der Waals surface area contributed by atoms with Crippen molar-refractivity contribution in [3.63, 3.8) is 0 Å². The van der Waals surface area contributed by atoms with Gasteiger partial charge in [-0.2, -0.15) is 0 Å². The van der Waals surface area contributed by atoms with Crippen molar-refractivity contribution in [1.82, 2.24) is 4.98 Å². The van der Waals surface area contributed by atoms with Gasteiger partial charge in [0.2, 0.25) is 0 Å². The monoisotopic (exact) mass is 191 g/mol. The number of halogens is 2. The van der Waals surface area contributed by atoms with Gasteiger partial charge in [-0.05, 0) is 6.92 Å². The highest BCUT2D eigenvalue weighted by Crippen LogP contribution is 2.30. The fourth-order valence-corrected chi connectivity index (χ4v) is 1.14. The third kappa shape index (κ3) is 1.76. The minimum atomic E-state index is 0.281. The third-order valence-electron chi connectivity index (χ3n) is 1.23. The number of pyridine rings is 1. The van der Waals surface area contributed by atoms with E-state index in [1.807, 2.05) is 6.92 Å². The molecule has 1 heterocycles. The van der Waals surface area contributed by atoms with Crippen molar-refractivity contribution in [2.24, 2.45) is 0 Å². The molecule has 0 fully saturated rings. The highest BCUT2D eigenvalue weighted by molar-refractivity contribution is 6.42. The number of nitrogens with zero attached hydrogens (tertiary/aromatic N) is 1. The average molecular weight is 192 g/mol. The van der Waals surface area contributed by atoms with Gasteiger partial charge in [-0.25, -0.2) is 4.98 Å². The zero-order valence-electron chi connectivity index (χ0n) is 6.19. The first-order valence-corrected chi connectivity index (χ1v) is 3.77. The second-order valence-corrected chi connectivity index (χ2v) is 2.81. The van der Waals surface area contributed by atoms with Crippen LogP contribution in [0.4, 0.5) is 0 Å². The van der Waals surface area contributed by atoms with Gasteiger partial charge in [-0.15, -0.1) is 0 Å². The summed E-state index contributed by atoms with van der Waals surface area (Å²) in [5.74, 6) is 0.559. The molecule has 0 spiro atoms. The Morgan fingerprint density at radius 3 is 2.64 bits per heavy atom. The molecule has 0 amide bonds. The molecule has 0 unspecified atom stereocenters. The zero-order valence-corrected chi connectivity index (χ0v) is 7.70. The lowest BCUT2D eigenvalue weighted by atomic mass is 10.3. The molecule has 0 atom stereocenters. The fourth-order valence-electron chi connectivity index (χ4n) is 0.739. The smallest absolute Gasteiger partial charge is 0.151 e. The standard InChI is InChI=1S/C7H7Cl2NO/c1-4-3-5(11-2)6(8)7(9)10-4/h3H,1-2H3. The van der Waals surface area contributed by atoms with E-state index in [-0.39, 0.29) is 5.15 Å². The average Bonchev–Trinajstić information content (AvgIpc) is 1.96. The van der Waals surface area contributed by atoms with Crippen LogP contribution in [0.5, 0.6) is 5.75 Å². The number of ether oxygens (including phenoxy) is 1. The summed E-state index contributed by atoms with van der Waals surface area (Å²) >= 11 is 11.4. The molecular formula is C7H7Cl2NO. The summed E-state index contributed by atoms with van der Waals surface area (Å²) in [7, 11) is 1.54. The summed E-state index contributed by atoms with van der Waals surface area (Å²) in [6.45, 7) is 1.82. The van der Waals surface area contributed by atoms with Crippen LogP contribution in [-0.4, -0.2) is 12.1 Å². The van der Waals surface area contributed by atoms with E-state index >= 15 is 0 Å². The number of methoxy groups -OCH3 is 1. The van der Waals surface area contributed by atoms with Gasteiger partial charge in [0.05, 0.1) is 7.11 Å². The van der Waals surface area contributed by atoms with Gasteiger partial charge in [0.1, 0.15) is 10.8 Å². The lowest BCUT2D eigenvalue weighted by Gasteiger charge is -2.04. The van der Waals surface area contributed by atoms with Crippen LogP contribution in [-0.2, 0) is 0 Å². The number of rotatable bonds is 1. The van der Waals surface area contributed by atoms with Crippen molar-refractivity contribution < 1.29 is 4.74 Å². The van der Waals surface area contributed by atoms with Crippen LogP contribution >= 0.6 is 23.2 Å². The van der Waals surface area contributed by atoms with E-state index in [4.69, 9.17) is 27.9 Å². The topological polar surface area (TPSA) is 22.1 Å². The number of hydrogen-bond acceptors (Lipinski definition) is 2. The van der Waals surface area contributed by atoms with Crippen LogP contribution in [0.3, 0.4) is 0 Å². The summed E-state index contributed by atoms with van der Waals surface area (Å²) < 4.78 is 4.95. The first kappa shape index (κ1) is 8.62. The van der Waals surface area contributed by atoms with Crippen molar-refractivity contribution in [2.45, 2.75) is 6.92 Å². The molecule has 2 nitrogen and oxygen atoms in total. The summed E-state index contributed by atoms with van der Waals surface area (Å²) in [5, 5.41) is 0.642. The Morgan fingerprint density at radius 2 is 2.09 bits per heavy atom. The largest absolute Gasteiger partial charge is 0.495 e. The van der Waals surface area contributed by atoms with Crippen molar-refractivity contribution in [1.29, 1.82) is 0 Å². The van der Waals surface area contributed by atoms with E-state index in [9.17, 15) is 0 Å². The molecule has 11 heavy (non-hydrogen) atoms. The van der Waals surface area contributed by atoms with Gasteiger partial charge < -0.3 is 4.74 Å².